The predicted molar refractivity (Wildman–Crippen MR) is 101 cm³/mol. The number of fused-ring (bicyclic) bond motifs is 1. The highest BCUT2D eigenvalue weighted by Gasteiger charge is 2.55. The van der Waals surface area contributed by atoms with Gasteiger partial charge in [0, 0.05) is 6.54 Å². The molecule has 0 spiro atoms. The number of rotatable bonds is 6. The molecule has 0 N–H and O–H groups in total. The van der Waals surface area contributed by atoms with Crippen LogP contribution in [-0.2, 0) is 15.9 Å². The lowest BCUT2D eigenvalue weighted by Crippen LogP contribution is -2.67. The molecule has 2 amide bonds. The normalized spacial score (nSPS) is 25.0. The number of thioether (sulfide) groups is 1. The van der Waals surface area contributed by atoms with Crippen LogP contribution in [0, 0.1) is 0 Å². The Morgan fingerprint density at radius 2 is 2.15 bits per heavy atom. The molecule has 2 saturated heterocycles. The van der Waals surface area contributed by atoms with E-state index in [1.807, 2.05) is 41.5 Å². The summed E-state index contributed by atoms with van der Waals surface area (Å²) in [5.41, 5.74) is 0.673. The zero-order valence-electron chi connectivity index (χ0n) is 15.3. The van der Waals surface area contributed by atoms with Gasteiger partial charge in [0.15, 0.2) is 0 Å². The molecule has 2 atom stereocenters. The lowest BCUT2D eigenvalue weighted by Gasteiger charge is -2.48. The number of carbonyl (C=O) groups is 2. The number of cyclic esters (lactones) is 1. The monoisotopic (exact) mass is 378 g/mol. The maximum atomic E-state index is 12.5. The summed E-state index contributed by atoms with van der Waals surface area (Å²) in [6.07, 6.45) is 2.95. The zero-order chi connectivity index (χ0) is 18.6. The smallest absolute Gasteiger partial charge is 0.410 e. The first kappa shape index (κ1) is 18.9. The third-order valence-electron chi connectivity index (χ3n) is 5.07. The van der Waals surface area contributed by atoms with Crippen LogP contribution in [0.2, 0.25) is 0 Å². The molecule has 2 aliphatic rings. The van der Waals surface area contributed by atoms with Crippen molar-refractivity contribution in [3.63, 3.8) is 0 Å². The molecule has 2 fully saturated rings. The highest BCUT2D eigenvalue weighted by Crippen LogP contribution is 2.37. The fourth-order valence-corrected chi connectivity index (χ4v) is 4.49. The summed E-state index contributed by atoms with van der Waals surface area (Å²) in [7, 11) is 0. The SMILES string of the molecule is CCOC(=O)N1C[C@H](Cc2ccccc2)N2C(=O)OC[C@@]2(CCSC)C1. The van der Waals surface area contributed by atoms with E-state index < -0.39 is 5.54 Å². The van der Waals surface area contributed by atoms with E-state index in [4.69, 9.17) is 9.47 Å². The average Bonchev–Trinajstić information content (AvgIpc) is 2.98. The first-order valence-electron chi connectivity index (χ1n) is 9.00. The zero-order valence-corrected chi connectivity index (χ0v) is 16.2. The Morgan fingerprint density at radius 3 is 2.85 bits per heavy atom. The van der Waals surface area contributed by atoms with E-state index in [1.165, 1.54) is 0 Å². The second kappa shape index (κ2) is 8.20. The number of benzene rings is 1. The summed E-state index contributed by atoms with van der Waals surface area (Å²) < 4.78 is 10.7. The quantitative estimate of drug-likeness (QED) is 0.762. The standard InChI is InChI=1S/C19H26N2O4S/c1-3-24-17(22)20-12-16(11-15-7-5-4-6-8-15)21-18(23)25-14-19(21,13-20)9-10-26-2/h4-8,16H,3,9-14H2,1-2H3/t16-,19+/m0/s1. The van der Waals surface area contributed by atoms with E-state index >= 15 is 0 Å². The van der Waals surface area contributed by atoms with Crippen molar-refractivity contribution in [1.29, 1.82) is 0 Å². The van der Waals surface area contributed by atoms with Gasteiger partial charge in [0.25, 0.3) is 0 Å². The number of nitrogens with zero attached hydrogens (tertiary/aromatic N) is 2. The molecule has 1 aromatic rings. The van der Waals surface area contributed by atoms with E-state index in [2.05, 4.69) is 0 Å². The van der Waals surface area contributed by atoms with Crippen LogP contribution in [-0.4, -0.2) is 71.9 Å². The topological polar surface area (TPSA) is 59.1 Å². The molecule has 26 heavy (non-hydrogen) atoms. The number of carbonyl (C=O) groups excluding carboxylic acids is 2. The first-order chi connectivity index (χ1) is 12.6. The minimum atomic E-state index is -0.468. The summed E-state index contributed by atoms with van der Waals surface area (Å²) in [6, 6.07) is 9.94. The van der Waals surface area contributed by atoms with Gasteiger partial charge in [-0.05, 0) is 37.3 Å². The van der Waals surface area contributed by atoms with Gasteiger partial charge < -0.3 is 14.4 Å². The van der Waals surface area contributed by atoms with Gasteiger partial charge in [-0.3, -0.25) is 4.90 Å². The molecule has 6 nitrogen and oxygen atoms in total. The molecule has 0 unspecified atom stereocenters. The molecule has 0 radical (unpaired) electrons. The summed E-state index contributed by atoms with van der Waals surface area (Å²) in [5.74, 6) is 0.905. The summed E-state index contributed by atoms with van der Waals surface area (Å²) in [6.45, 7) is 3.40. The molecular weight excluding hydrogens is 352 g/mol. The van der Waals surface area contributed by atoms with E-state index in [-0.39, 0.29) is 18.2 Å². The van der Waals surface area contributed by atoms with Gasteiger partial charge in [0.2, 0.25) is 0 Å². The van der Waals surface area contributed by atoms with Gasteiger partial charge in [0.1, 0.15) is 6.61 Å². The first-order valence-corrected chi connectivity index (χ1v) is 10.4. The van der Waals surface area contributed by atoms with Crippen molar-refractivity contribution < 1.29 is 19.1 Å². The van der Waals surface area contributed by atoms with Gasteiger partial charge in [-0.1, -0.05) is 30.3 Å². The van der Waals surface area contributed by atoms with Gasteiger partial charge in [-0.25, -0.2) is 9.59 Å². The van der Waals surface area contributed by atoms with Crippen molar-refractivity contribution in [2.75, 3.05) is 38.3 Å². The second-order valence-corrected chi connectivity index (χ2v) is 7.80. The van der Waals surface area contributed by atoms with Crippen LogP contribution >= 0.6 is 11.8 Å². The number of piperazine rings is 1. The van der Waals surface area contributed by atoms with Crippen LogP contribution < -0.4 is 0 Å². The Morgan fingerprint density at radius 1 is 1.38 bits per heavy atom. The maximum absolute atomic E-state index is 12.5. The summed E-state index contributed by atoms with van der Waals surface area (Å²) in [5, 5.41) is 0. The molecule has 142 valence electrons. The van der Waals surface area contributed by atoms with Crippen LogP contribution in [0.5, 0.6) is 0 Å². The van der Waals surface area contributed by atoms with Crippen molar-refractivity contribution in [3.8, 4) is 0 Å². The molecule has 2 heterocycles. The number of amides is 2. The number of hydrogen-bond donors (Lipinski definition) is 0. The Balaban J connectivity index is 1.89. The fraction of sp³-hybridized carbons (Fsp3) is 0.579. The number of ether oxygens (including phenoxy) is 2. The highest BCUT2D eigenvalue weighted by atomic mass is 32.2. The van der Waals surface area contributed by atoms with E-state index in [9.17, 15) is 9.59 Å². The molecule has 0 aromatic heterocycles. The van der Waals surface area contributed by atoms with Gasteiger partial charge in [-0.2, -0.15) is 11.8 Å². The molecule has 2 aliphatic heterocycles. The largest absolute Gasteiger partial charge is 0.450 e. The predicted octanol–water partition coefficient (Wildman–Crippen LogP) is 3.01. The molecule has 0 bridgehead atoms. The van der Waals surface area contributed by atoms with Crippen molar-refractivity contribution in [1.82, 2.24) is 9.80 Å². The third kappa shape index (κ3) is 3.77. The maximum Gasteiger partial charge on any atom is 0.410 e. The Bertz CT molecular complexity index is 642. The van der Waals surface area contributed by atoms with Crippen molar-refractivity contribution in [2.24, 2.45) is 0 Å². The second-order valence-electron chi connectivity index (χ2n) is 6.81. The molecule has 1 aromatic carbocycles. The average molecular weight is 378 g/mol. The van der Waals surface area contributed by atoms with Crippen LogP contribution in [0.1, 0.15) is 18.9 Å². The Hall–Kier alpha value is -1.89. The highest BCUT2D eigenvalue weighted by molar-refractivity contribution is 7.98. The van der Waals surface area contributed by atoms with Gasteiger partial charge >= 0.3 is 12.2 Å². The van der Waals surface area contributed by atoms with Crippen molar-refractivity contribution >= 4 is 23.9 Å². The molecule has 0 saturated carbocycles. The molecule has 0 aliphatic carbocycles. The van der Waals surface area contributed by atoms with E-state index in [0.29, 0.717) is 32.7 Å². The van der Waals surface area contributed by atoms with Crippen LogP contribution in [0.4, 0.5) is 9.59 Å². The molecule has 7 heteroatoms. The summed E-state index contributed by atoms with van der Waals surface area (Å²) >= 11 is 1.74. The third-order valence-corrected chi connectivity index (χ3v) is 5.68. The van der Waals surface area contributed by atoms with Crippen LogP contribution in [0.3, 0.4) is 0 Å². The lowest BCUT2D eigenvalue weighted by molar-refractivity contribution is 0.00566. The fourth-order valence-electron chi connectivity index (χ4n) is 3.90. The van der Waals surface area contributed by atoms with E-state index in [1.54, 1.807) is 23.6 Å². The van der Waals surface area contributed by atoms with Crippen LogP contribution in [0.15, 0.2) is 30.3 Å². The Labute approximate surface area is 158 Å². The number of hydrogen-bond acceptors (Lipinski definition) is 5. The lowest BCUT2D eigenvalue weighted by atomic mass is 9.88. The van der Waals surface area contributed by atoms with Crippen LogP contribution in [0.25, 0.3) is 0 Å². The minimum Gasteiger partial charge on any atom is -0.450 e. The molecule has 3 rings (SSSR count). The summed E-state index contributed by atoms with van der Waals surface area (Å²) in [4.78, 5) is 28.6. The minimum absolute atomic E-state index is 0.118. The molecular formula is C19H26N2O4S. The van der Waals surface area contributed by atoms with Gasteiger partial charge in [0.05, 0.1) is 24.7 Å². The van der Waals surface area contributed by atoms with E-state index in [0.717, 1.165) is 17.7 Å². The van der Waals surface area contributed by atoms with Crippen molar-refractivity contribution in [2.45, 2.75) is 31.3 Å². The van der Waals surface area contributed by atoms with Gasteiger partial charge in [-0.15, -0.1) is 0 Å². The van der Waals surface area contributed by atoms with Crippen molar-refractivity contribution in [3.05, 3.63) is 35.9 Å². The Kier molecular flexibility index (Phi) is 5.96.